The number of nitrogens with zero attached hydrogens (tertiary/aromatic N) is 1. The molecule has 0 fully saturated rings. The molecule has 0 aromatic heterocycles. The molecule has 66 heavy (non-hydrogen) atoms. The second-order valence-electron chi connectivity index (χ2n) is 18.7. The van der Waals surface area contributed by atoms with Gasteiger partial charge in [0.1, 0.15) is 0 Å². The highest BCUT2D eigenvalue weighted by Crippen LogP contribution is 2.65. The molecule has 0 saturated heterocycles. The lowest BCUT2D eigenvalue weighted by Gasteiger charge is -2.45. The molecular formula is C64H47NS. The smallest absolute Gasteiger partial charge is 0.0726 e. The first-order chi connectivity index (χ1) is 32.8. The Morgan fingerprint density at radius 2 is 1.03 bits per heavy atom. The van der Waals surface area contributed by atoms with Gasteiger partial charge in [0.05, 0.1) is 16.9 Å². The minimum atomic E-state index is -0.410. The van der Waals surface area contributed by atoms with E-state index in [2.05, 4.69) is 247 Å². The summed E-state index contributed by atoms with van der Waals surface area (Å²) in [5.74, 6) is 0.370. The maximum atomic E-state index is 2.62. The summed E-state index contributed by atoms with van der Waals surface area (Å²) in [7, 11) is 0. The van der Waals surface area contributed by atoms with E-state index in [0.717, 1.165) is 19.3 Å². The van der Waals surface area contributed by atoms with Crippen LogP contribution in [0.4, 0.5) is 5.69 Å². The van der Waals surface area contributed by atoms with E-state index in [1.807, 2.05) is 0 Å². The maximum Gasteiger partial charge on any atom is 0.0726 e. The van der Waals surface area contributed by atoms with E-state index in [-0.39, 0.29) is 11.5 Å². The first kappa shape index (κ1) is 38.2. The van der Waals surface area contributed by atoms with Gasteiger partial charge < -0.3 is 4.90 Å². The van der Waals surface area contributed by atoms with Crippen LogP contribution >= 0.6 is 11.8 Å². The summed E-state index contributed by atoms with van der Waals surface area (Å²) in [5.41, 5.74) is 22.6. The monoisotopic (exact) mass is 861 g/mol. The summed E-state index contributed by atoms with van der Waals surface area (Å²) in [6.45, 7) is 0. The average molecular weight is 862 g/mol. The number of anilines is 1. The van der Waals surface area contributed by atoms with Crippen molar-refractivity contribution in [2.75, 3.05) is 4.90 Å². The van der Waals surface area contributed by atoms with Crippen molar-refractivity contribution in [2.24, 2.45) is 5.92 Å². The Hall–Kier alpha value is -7.13. The van der Waals surface area contributed by atoms with Gasteiger partial charge in [-0.3, -0.25) is 0 Å². The molecule has 1 spiro atoms. The van der Waals surface area contributed by atoms with Crippen LogP contribution < -0.4 is 4.90 Å². The molecule has 14 rings (SSSR count). The number of rotatable bonds is 5. The Bertz CT molecular complexity index is 3300. The molecule has 0 N–H and O–H groups in total. The van der Waals surface area contributed by atoms with Gasteiger partial charge in [0.2, 0.25) is 0 Å². The van der Waals surface area contributed by atoms with Crippen LogP contribution in [0.3, 0.4) is 0 Å². The highest BCUT2D eigenvalue weighted by atomic mass is 32.2. The molecule has 0 radical (unpaired) electrons. The van der Waals surface area contributed by atoms with Crippen molar-refractivity contribution >= 4 is 23.0 Å². The van der Waals surface area contributed by atoms with Crippen molar-refractivity contribution in [3.63, 3.8) is 0 Å². The van der Waals surface area contributed by atoms with Gasteiger partial charge in [-0.1, -0.05) is 212 Å². The van der Waals surface area contributed by atoms with Crippen LogP contribution in [-0.2, 0) is 10.8 Å². The molecule has 314 valence electrons. The van der Waals surface area contributed by atoms with Gasteiger partial charge in [-0.2, -0.15) is 0 Å². The Balaban J connectivity index is 0.887. The van der Waals surface area contributed by atoms with Crippen LogP contribution in [0.1, 0.15) is 58.2 Å². The van der Waals surface area contributed by atoms with E-state index >= 15 is 0 Å². The fraction of sp³-hybridized carbons (Fsp3) is 0.125. The first-order valence-electron chi connectivity index (χ1n) is 23.8. The van der Waals surface area contributed by atoms with Gasteiger partial charge in [-0.15, -0.1) is 11.8 Å². The van der Waals surface area contributed by atoms with E-state index < -0.39 is 5.41 Å². The number of fused-ring (bicyclic) bond motifs is 14. The lowest BCUT2D eigenvalue weighted by atomic mass is 9.59. The first-order valence-corrected chi connectivity index (χ1v) is 24.6. The van der Waals surface area contributed by atoms with Gasteiger partial charge >= 0.3 is 0 Å². The molecule has 7 aliphatic rings. The van der Waals surface area contributed by atoms with Crippen molar-refractivity contribution < 1.29 is 0 Å². The van der Waals surface area contributed by atoms with Gasteiger partial charge in [0.25, 0.3) is 0 Å². The fourth-order valence-electron chi connectivity index (χ4n) is 13.5. The van der Waals surface area contributed by atoms with Crippen molar-refractivity contribution in [3.05, 3.63) is 297 Å². The van der Waals surface area contributed by atoms with Crippen LogP contribution in [0.25, 0.3) is 27.8 Å². The summed E-state index contributed by atoms with van der Waals surface area (Å²) in [6, 6.07) is 68.6. The molecule has 0 amide bonds. The number of allylic oxidation sites excluding steroid dienone is 9. The number of para-hydroxylation sites is 1. The maximum absolute atomic E-state index is 2.62. The molecule has 7 aromatic rings. The molecule has 1 aliphatic heterocycles. The number of benzene rings is 7. The van der Waals surface area contributed by atoms with E-state index in [1.165, 1.54) is 99.8 Å². The number of hydrogen-bond donors (Lipinski definition) is 0. The quantitative estimate of drug-likeness (QED) is 0.170. The largest absolute Gasteiger partial charge is 0.331 e. The third-order valence-corrected chi connectivity index (χ3v) is 17.3. The zero-order valence-electron chi connectivity index (χ0n) is 36.6. The van der Waals surface area contributed by atoms with E-state index in [1.54, 1.807) is 0 Å². The standard InChI is InChI=1S/C64H47NS/c1-3-20-42(21-4-1)63(52-30-12-7-24-45(52)46-25-8-13-31-53(46)63)58-36-19-29-50-49-40-38-44(39-41-60(49)66-62(50)58)65(43-22-5-2-6-23-43)59-37-18-17-35-57-61(59)51-28-11-16-34-56(51)64(57)54-32-14-9-26-47(54)48-27-10-15-33-55(48)64/h1-17,20-35,37-41,44,58,62H,18-19,36H2/t44?,58-,62?/m1/s1. The molecule has 2 unspecified atom stereocenters. The zero-order chi connectivity index (χ0) is 43.4. The lowest BCUT2D eigenvalue weighted by Crippen LogP contribution is -2.43. The van der Waals surface area contributed by atoms with Crippen molar-refractivity contribution in [3.8, 4) is 22.3 Å². The normalized spacial score (nSPS) is 21.7. The summed E-state index contributed by atoms with van der Waals surface area (Å²) < 4.78 is 0. The van der Waals surface area contributed by atoms with Crippen molar-refractivity contribution in [2.45, 2.75) is 41.4 Å². The molecular weight excluding hydrogens is 815 g/mol. The van der Waals surface area contributed by atoms with Crippen LogP contribution in [0, 0.1) is 5.92 Å². The molecule has 7 aromatic carbocycles. The Labute approximate surface area is 392 Å². The van der Waals surface area contributed by atoms with Gasteiger partial charge in [0, 0.05) is 27.1 Å². The Morgan fingerprint density at radius 3 is 1.68 bits per heavy atom. The van der Waals surface area contributed by atoms with Crippen LogP contribution in [0.2, 0.25) is 0 Å². The fourth-order valence-corrected chi connectivity index (χ4v) is 15.1. The predicted molar refractivity (Wildman–Crippen MR) is 275 cm³/mol. The summed E-state index contributed by atoms with van der Waals surface area (Å²) in [5, 5.41) is 0.325. The van der Waals surface area contributed by atoms with Crippen molar-refractivity contribution in [1.82, 2.24) is 0 Å². The summed E-state index contributed by atoms with van der Waals surface area (Å²) in [4.78, 5) is 4.00. The van der Waals surface area contributed by atoms with Gasteiger partial charge in [0.15, 0.2) is 0 Å². The molecule has 0 bridgehead atoms. The highest BCUT2D eigenvalue weighted by Gasteiger charge is 2.56. The molecule has 6 aliphatic carbocycles. The van der Waals surface area contributed by atoms with E-state index in [4.69, 9.17) is 0 Å². The molecule has 1 heterocycles. The molecule has 1 nitrogen and oxygen atoms in total. The minimum Gasteiger partial charge on any atom is -0.331 e. The van der Waals surface area contributed by atoms with Crippen LogP contribution in [-0.4, -0.2) is 11.3 Å². The summed E-state index contributed by atoms with van der Waals surface area (Å²) in [6.07, 6.45) is 22.9. The number of thioether (sulfide) groups is 1. The molecule has 3 atom stereocenters. The zero-order valence-corrected chi connectivity index (χ0v) is 37.5. The highest BCUT2D eigenvalue weighted by molar-refractivity contribution is 8.04. The van der Waals surface area contributed by atoms with E-state index in [9.17, 15) is 0 Å². The second kappa shape index (κ2) is 14.7. The second-order valence-corrected chi connectivity index (χ2v) is 19.9. The lowest BCUT2D eigenvalue weighted by molar-refractivity contribution is 0.352. The van der Waals surface area contributed by atoms with Gasteiger partial charge in [-0.25, -0.2) is 0 Å². The van der Waals surface area contributed by atoms with Crippen LogP contribution in [0.15, 0.2) is 258 Å². The average Bonchev–Trinajstić information content (AvgIpc) is 3.97. The minimum absolute atomic E-state index is 0.0220. The molecule has 2 heteroatoms. The Morgan fingerprint density at radius 1 is 0.500 bits per heavy atom. The van der Waals surface area contributed by atoms with Crippen molar-refractivity contribution in [1.29, 1.82) is 0 Å². The Kier molecular flexibility index (Phi) is 8.50. The topological polar surface area (TPSA) is 3.24 Å². The van der Waals surface area contributed by atoms with E-state index in [0.29, 0.717) is 11.2 Å². The third-order valence-electron chi connectivity index (χ3n) is 15.8. The summed E-state index contributed by atoms with van der Waals surface area (Å²) >= 11 is 2.10. The third kappa shape index (κ3) is 5.08. The SMILES string of the molecule is C1=CC2=C(C(N(c3ccccc3)C3C=CC4=C(C=C3)C3=CCC[C@@H](C5(c6ccccc6)c6ccccc6-c6ccccc65)C3S4)=CC1)c1ccccc1C21c2ccccc2-c2ccccc21. The predicted octanol–water partition coefficient (Wildman–Crippen LogP) is 15.3. The van der Waals surface area contributed by atoms with Gasteiger partial charge in [-0.05, 0) is 121 Å². The number of hydrogen-bond acceptors (Lipinski definition) is 2. The molecule has 0 saturated carbocycles. The van der Waals surface area contributed by atoms with Crippen LogP contribution in [0.5, 0.6) is 0 Å².